The monoisotopic (exact) mass is 367 g/mol. The molecule has 5 nitrogen and oxygen atoms in total. The summed E-state index contributed by atoms with van der Waals surface area (Å²) in [7, 11) is 0. The predicted octanol–water partition coefficient (Wildman–Crippen LogP) is 4.01. The van der Waals surface area contributed by atoms with Gasteiger partial charge in [-0.1, -0.05) is 35.9 Å². The first-order valence-electron chi connectivity index (χ1n) is 8.46. The average Bonchev–Trinajstić information content (AvgIpc) is 2.69. The van der Waals surface area contributed by atoms with E-state index in [1.54, 1.807) is 18.2 Å². The fourth-order valence-electron chi connectivity index (χ4n) is 2.93. The number of morpholine rings is 1. The van der Waals surface area contributed by atoms with Gasteiger partial charge in [-0.25, -0.2) is 9.97 Å². The molecule has 3 aromatic rings. The number of rotatable bonds is 3. The zero-order valence-electron chi connectivity index (χ0n) is 14.1. The number of aromatic nitrogens is 2. The van der Waals surface area contributed by atoms with Crippen LogP contribution in [-0.4, -0.2) is 41.4 Å². The SMILES string of the molecule is Oc1cccc(-c2nc(-c3ccc(Cl)cc3)cc(N3CCOCC3)n2)c1. The largest absolute Gasteiger partial charge is 0.508 e. The van der Waals surface area contributed by atoms with Crippen LogP contribution in [0.15, 0.2) is 54.6 Å². The summed E-state index contributed by atoms with van der Waals surface area (Å²) >= 11 is 6.01. The van der Waals surface area contributed by atoms with E-state index in [-0.39, 0.29) is 5.75 Å². The third-order valence-electron chi connectivity index (χ3n) is 4.29. The number of halogens is 1. The van der Waals surface area contributed by atoms with Crippen molar-refractivity contribution in [2.75, 3.05) is 31.2 Å². The van der Waals surface area contributed by atoms with Crippen molar-refractivity contribution in [1.29, 1.82) is 0 Å². The molecular formula is C20H18ClN3O2. The molecule has 132 valence electrons. The smallest absolute Gasteiger partial charge is 0.162 e. The average molecular weight is 368 g/mol. The van der Waals surface area contributed by atoms with E-state index in [0.717, 1.165) is 35.7 Å². The van der Waals surface area contributed by atoms with Gasteiger partial charge in [0, 0.05) is 35.3 Å². The number of anilines is 1. The Labute approximate surface area is 156 Å². The van der Waals surface area contributed by atoms with Crippen LogP contribution in [0, 0.1) is 0 Å². The normalized spacial score (nSPS) is 14.4. The van der Waals surface area contributed by atoms with E-state index >= 15 is 0 Å². The number of phenols is 1. The molecule has 26 heavy (non-hydrogen) atoms. The van der Waals surface area contributed by atoms with Crippen LogP contribution in [0.2, 0.25) is 5.02 Å². The Kier molecular flexibility index (Phi) is 4.73. The van der Waals surface area contributed by atoms with Gasteiger partial charge in [0.15, 0.2) is 5.82 Å². The first kappa shape index (κ1) is 16.8. The van der Waals surface area contributed by atoms with E-state index in [1.165, 1.54) is 0 Å². The van der Waals surface area contributed by atoms with Crippen LogP contribution in [0.5, 0.6) is 5.75 Å². The summed E-state index contributed by atoms with van der Waals surface area (Å²) < 4.78 is 5.45. The van der Waals surface area contributed by atoms with Crippen LogP contribution >= 0.6 is 11.6 Å². The third-order valence-corrected chi connectivity index (χ3v) is 4.54. The maximum absolute atomic E-state index is 9.81. The molecule has 1 fully saturated rings. The van der Waals surface area contributed by atoms with Gasteiger partial charge in [-0.2, -0.15) is 0 Å². The second kappa shape index (κ2) is 7.32. The number of hydrogen-bond acceptors (Lipinski definition) is 5. The number of phenolic OH excluding ortho intramolecular Hbond substituents is 1. The molecule has 0 amide bonds. The lowest BCUT2D eigenvalue weighted by molar-refractivity contribution is 0.122. The molecular weight excluding hydrogens is 350 g/mol. The lowest BCUT2D eigenvalue weighted by Crippen LogP contribution is -2.36. The second-order valence-electron chi connectivity index (χ2n) is 6.09. The van der Waals surface area contributed by atoms with Crippen molar-refractivity contribution < 1.29 is 9.84 Å². The molecule has 0 radical (unpaired) electrons. The third kappa shape index (κ3) is 3.64. The lowest BCUT2D eigenvalue weighted by atomic mass is 10.1. The molecule has 2 aromatic carbocycles. The predicted molar refractivity (Wildman–Crippen MR) is 103 cm³/mol. The van der Waals surface area contributed by atoms with Gasteiger partial charge in [-0.05, 0) is 24.3 Å². The van der Waals surface area contributed by atoms with Crippen molar-refractivity contribution in [3.05, 3.63) is 59.6 Å². The van der Waals surface area contributed by atoms with Crippen LogP contribution in [0.3, 0.4) is 0 Å². The minimum Gasteiger partial charge on any atom is -0.508 e. The quantitative estimate of drug-likeness (QED) is 0.758. The van der Waals surface area contributed by atoms with E-state index in [0.29, 0.717) is 24.1 Å². The Hall–Kier alpha value is -2.63. The van der Waals surface area contributed by atoms with Crippen LogP contribution in [-0.2, 0) is 4.74 Å². The van der Waals surface area contributed by atoms with Gasteiger partial charge >= 0.3 is 0 Å². The Morgan fingerprint density at radius 3 is 2.42 bits per heavy atom. The Morgan fingerprint density at radius 1 is 0.923 bits per heavy atom. The first-order valence-corrected chi connectivity index (χ1v) is 8.84. The summed E-state index contributed by atoms with van der Waals surface area (Å²) in [5, 5.41) is 10.5. The highest BCUT2D eigenvalue weighted by atomic mass is 35.5. The summed E-state index contributed by atoms with van der Waals surface area (Å²) in [4.78, 5) is 11.6. The summed E-state index contributed by atoms with van der Waals surface area (Å²) in [6.07, 6.45) is 0. The fourth-order valence-corrected chi connectivity index (χ4v) is 3.06. The van der Waals surface area contributed by atoms with Gasteiger partial charge in [0.25, 0.3) is 0 Å². The standard InChI is InChI=1S/C20H18ClN3O2/c21-16-6-4-14(5-7-16)18-13-19(24-8-10-26-11-9-24)23-20(22-18)15-2-1-3-17(25)12-15/h1-7,12-13,25H,8-11H2. The van der Waals surface area contributed by atoms with Gasteiger partial charge < -0.3 is 14.7 Å². The second-order valence-corrected chi connectivity index (χ2v) is 6.53. The van der Waals surface area contributed by atoms with Crippen LogP contribution in [0.1, 0.15) is 0 Å². The van der Waals surface area contributed by atoms with Crippen LogP contribution in [0.25, 0.3) is 22.6 Å². The number of hydrogen-bond donors (Lipinski definition) is 1. The maximum atomic E-state index is 9.81. The number of aromatic hydroxyl groups is 1. The first-order chi connectivity index (χ1) is 12.7. The van der Waals surface area contributed by atoms with Crippen molar-refractivity contribution in [3.8, 4) is 28.4 Å². The van der Waals surface area contributed by atoms with Crippen LogP contribution in [0.4, 0.5) is 5.82 Å². The summed E-state index contributed by atoms with van der Waals surface area (Å²) in [6, 6.07) is 16.6. The number of ether oxygens (including phenoxy) is 1. The molecule has 1 N–H and O–H groups in total. The molecule has 0 saturated carbocycles. The topological polar surface area (TPSA) is 58.5 Å². The summed E-state index contributed by atoms with van der Waals surface area (Å²) in [5.41, 5.74) is 2.56. The van der Waals surface area contributed by atoms with Gasteiger partial charge in [-0.3, -0.25) is 0 Å². The number of nitrogens with zero attached hydrogens (tertiary/aromatic N) is 3. The molecule has 0 bridgehead atoms. The highest BCUT2D eigenvalue weighted by Crippen LogP contribution is 2.28. The van der Waals surface area contributed by atoms with Gasteiger partial charge in [0.1, 0.15) is 11.6 Å². The van der Waals surface area contributed by atoms with E-state index < -0.39 is 0 Å². The Bertz CT molecular complexity index is 909. The fraction of sp³-hybridized carbons (Fsp3) is 0.200. The Morgan fingerprint density at radius 2 is 1.69 bits per heavy atom. The molecule has 1 aliphatic rings. The Balaban J connectivity index is 1.82. The lowest BCUT2D eigenvalue weighted by Gasteiger charge is -2.28. The van der Waals surface area contributed by atoms with Gasteiger partial charge in [0.2, 0.25) is 0 Å². The van der Waals surface area contributed by atoms with Crippen molar-refractivity contribution >= 4 is 17.4 Å². The van der Waals surface area contributed by atoms with Gasteiger partial charge in [0.05, 0.1) is 18.9 Å². The van der Waals surface area contributed by atoms with Crippen molar-refractivity contribution in [3.63, 3.8) is 0 Å². The van der Waals surface area contributed by atoms with E-state index in [4.69, 9.17) is 26.3 Å². The van der Waals surface area contributed by atoms with Crippen molar-refractivity contribution in [1.82, 2.24) is 9.97 Å². The van der Waals surface area contributed by atoms with Crippen molar-refractivity contribution in [2.24, 2.45) is 0 Å². The molecule has 4 rings (SSSR count). The molecule has 0 spiro atoms. The summed E-state index contributed by atoms with van der Waals surface area (Å²) in [5.74, 6) is 1.62. The van der Waals surface area contributed by atoms with Gasteiger partial charge in [-0.15, -0.1) is 0 Å². The van der Waals surface area contributed by atoms with Crippen molar-refractivity contribution in [2.45, 2.75) is 0 Å². The molecule has 0 unspecified atom stereocenters. The minimum absolute atomic E-state index is 0.191. The van der Waals surface area contributed by atoms with E-state index in [2.05, 4.69) is 4.90 Å². The zero-order valence-corrected chi connectivity index (χ0v) is 14.9. The molecule has 1 aromatic heterocycles. The molecule has 0 atom stereocenters. The van der Waals surface area contributed by atoms with Crippen LogP contribution < -0.4 is 4.90 Å². The zero-order chi connectivity index (χ0) is 17.9. The molecule has 6 heteroatoms. The highest BCUT2D eigenvalue weighted by Gasteiger charge is 2.16. The number of benzene rings is 2. The highest BCUT2D eigenvalue weighted by molar-refractivity contribution is 6.30. The summed E-state index contributed by atoms with van der Waals surface area (Å²) in [6.45, 7) is 2.94. The molecule has 2 heterocycles. The molecule has 1 aliphatic heterocycles. The molecule has 1 saturated heterocycles. The minimum atomic E-state index is 0.191. The van der Waals surface area contributed by atoms with E-state index in [9.17, 15) is 5.11 Å². The molecule has 0 aliphatic carbocycles. The maximum Gasteiger partial charge on any atom is 0.162 e. The van der Waals surface area contributed by atoms with E-state index in [1.807, 2.05) is 36.4 Å².